The fourth-order valence-electron chi connectivity index (χ4n) is 3.09. The summed E-state index contributed by atoms with van der Waals surface area (Å²) in [6, 6.07) is 11.1. The molecule has 0 aliphatic rings. The third-order valence-corrected chi connectivity index (χ3v) is 5.70. The highest BCUT2D eigenvalue weighted by atomic mass is 35.5. The molecule has 0 spiro atoms. The summed E-state index contributed by atoms with van der Waals surface area (Å²) >= 11 is 7.11. The standard InChI is InChI=1S/C19H16ClF3N6OS/c1-30-9-8-28-16-5-3-2-4-14(16)24-18(28)31-11-17-25-26-27-29(17)15-7-6-12(20)10-13(15)19(21,22)23/h2-7,10H,8-9,11H2,1H3. The SMILES string of the molecule is COCCn1c(SCc2nnnn2-c2ccc(Cl)cc2C(F)(F)F)nc2ccccc21. The van der Waals surface area contributed by atoms with E-state index in [1.165, 1.54) is 23.9 Å². The van der Waals surface area contributed by atoms with Crippen molar-refractivity contribution in [3.63, 3.8) is 0 Å². The second kappa shape index (κ2) is 8.85. The number of alkyl halides is 3. The highest BCUT2D eigenvalue weighted by Crippen LogP contribution is 2.36. The summed E-state index contributed by atoms with van der Waals surface area (Å²) in [6.07, 6.45) is -4.61. The van der Waals surface area contributed by atoms with Crippen LogP contribution in [0.25, 0.3) is 16.7 Å². The molecule has 162 valence electrons. The Morgan fingerprint density at radius 1 is 1.16 bits per heavy atom. The lowest BCUT2D eigenvalue weighted by atomic mass is 10.1. The fourth-order valence-corrected chi connectivity index (χ4v) is 4.21. The summed E-state index contributed by atoms with van der Waals surface area (Å²) in [4.78, 5) is 4.63. The van der Waals surface area contributed by atoms with Gasteiger partial charge in [-0.25, -0.2) is 4.98 Å². The van der Waals surface area contributed by atoms with Crippen molar-refractivity contribution in [2.45, 2.75) is 23.6 Å². The summed E-state index contributed by atoms with van der Waals surface area (Å²) in [6.45, 7) is 1.07. The van der Waals surface area contributed by atoms with Crippen molar-refractivity contribution in [3.8, 4) is 5.69 Å². The number of tetrazole rings is 1. The van der Waals surface area contributed by atoms with E-state index < -0.39 is 11.7 Å². The number of fused-ring (bicyclic) bond motifs is 1. The van der Waals surface area contributed by atoms with Crippen LogP contribution in [0.4, 0.5) is 13.2 Å². The normalized spacial score (nSPS) is 12.0. The molecule has 0 aliphatic carbocycles. The van der Waals surface area contributed by atoms with Gasteiger partial charge < -0.3 is 9.30 Å². The zero-order valence-corrected chi connectivity index (χ0v) is 17.7. The molecule has 2 heterocycles. The Morgan fingerprint density at radius 3 is 2.74 bits per heavy atom. The Labute approximate surface area is 184 Å². The number of thioether (sulfide) groups is 1. The van der Waals surface area contributed by atoms with Gasteiger partial charge in [-0.15, -0.1) is 5.10 Å². The van der Waals surface area contributed by atoms with E-state index in [0.717, 1.165) is 21.8 Å². The number of methoxy groups -OCH3 is 1. The van der Waals surface area contributed by atoms with Gasteiger partial charge in [-0.2, -0.15) is 17.9 Å². The monoisotopic (exact) mass is 468 g/mol. The Bertz CT molecular complexity index is 1210. The second-order valence-corrected chi connectivity index (χ2v) is 7.86. The fraction of sp³-hybridized carbons (Fsp3) is 0.263. The predicted molar refractivity (Wildman–Crippen MR) is 110 cm³/mol. The number of rotatable bonds is 7. The average Bonchev–Trinajstić information content (AvgIpc) is 3.34. The quantitative estimate of drug-likeness (QED) is 0.368. The molecule has 0 N–H and O–H groups in total. The van der Waals surface area contributed by atoms with E-state index in [2.05, 4.69) is 20.5 Å². The molecule has 0 unspecified atom stereocenters. The van der Waals surface area contributed by atoms with Gasteiger partial charge >= 0.3 is 6.18 Å². The van der Waals surface area contributed by atoms with Crippen LogP contribution in [-0.2, 0) is 23.2 Å². The number of hydrogen-bond acceptors (Lipinski definition) is 6. The van der Waals surface area contributed by atoms with E-state index in [1.807, 2.05) is 28.8 Å². The molecule has 0 saturated carbocycles. The first-order valence-corrected chi connectivity index (χ1v) is 10.5. The molecule has 0 atom stereocenters. The summed E-state index contributed by atoms with van der Waals surface area (Å²) in [7, 11) is 1.62. The largest absolute Gasteiger partial charge is 0.418 e. The van der Waals surface area contributed by atoms with Crippen LogP contribution in [0, 0.1) is 0 Å². The summed E-state index contributed by atoms with van der Waals surface area (Å²) < 4.78 is 48.8. The van der Waals surface area contributed by atoms with Crippen LogP contribution < -0.4 is 0 Å². The van der Waals surface area contributed by atoms with Gasteiger partial charge in [0.15, 0.2) is 11.0 Å². The van der Waals surface area contributed by atoms with Gasteiger partial charge in [0.1, 0.15) is 0 Å². The predicted octanol–water partition coefficient (Wildman–Crippen LogP) is 4.62. The highest BCUT2D eigenvalue weighted by molar-refractivity contribution is 7.98. The van der Waals surface area contributed by atoms with Crippen molar-refractivity contribution in [2.24, 2.45) is 0 Å². The maximum Gasteiger partial charge on any atom is 0.418 e. The first-order chi connectivity index (χ1) is 14.9. The summed E-state index contributed by atoms with van der Waals surface area (Å²) in [5.74, 6) is 0.464. The van der Waals surface area contributed by atoms with Crippen LogP contribution in [0.5, 0.6) is 0 Å². The van der Waals surface area contributed by atoms with Crippen LogP contribution in [-0.4, -0.2) is 43.5 Å². The molecule has 4 aromatic rings. The zero-order chi connectivity index (χ0) is 22.0. The van der Waals surface area contributed by atoms with Crippen LogP contribution in [0.15, 0.2) is 47.6 Å². The molecule has 7 nitrogen and oxygen atoms in total. The molecule has 0 aliphatic heterocycles. The van der Waals surface area contributed by atoms with Gasteiger partial charge in [0.25, 0.3) is 0 Å². The molecular formula is C19H16ClF3N6OS. The average molecular weight is 469 g/mol. The number of benzene rings is 2. The number of para-hydroxylation sites is 2. The maximum absolute atomic E-state index is 13.5. The van der Waals surface area contributed by atoms with Gasteiger partial charge in [-0.05, 0) is 40.8 Å². The van der Waals surface area contributed by atoms with Crippen molar-refractivity contribution >= 4 is 34.4 Å². The van der Waals surface area contributed by atoms with Gasteiger partial charge in [-0.3, -0.25) is 0 Å². The number of nitrogens with zero attached hydrogens (tertiary/aromatic N) is 6. The third kappa shape index (κ3) is 4.53. The number of hydrogen-bond donors (Lipinski definition) is 0. The van der Waals surface area contributed by atoms with Crippen LogP contribution in [0.1, 0.15) is 11.4 Å². The minimum absolute atomic E-state index is 0.0214. The molecule has 0 saturated heterocycles. The third-order valence-electron chi connectivity index (χ3n) is 4.50. The zero-order valence-electron chi connectivity index (χ0n) is 16.2. The van der Waals surface area contributed by atoms with Gasteiger partial charge in [0.2, 0.25) is 0 Å². The maximum atomic E-state index is 13.5. The number of halogens is 4. The molecule has 0 amide bonds. The van der Waals surface area contributed by atoms with Gasteiger partial charge in [0.05, 0.1) is 34.6 Å². The molecule has 12 heteroatoms. The molecule has 2 aromatic carbocycles. The van der Waals surface area contributed by atoms with E-state index >= 15 is 0 Å². The van der Waals surface area contributed by atoms with Crippen LogP contribution in [0.2, 0.25) is 5.02 Å². The topological polar surface area (TPSA) is 70.7 Å². The number of aromatic nitrogens is 6. The van der Waals surface area contributed by atoms with E-state index in [1.54, 1.807) is 7.11 Å². The molecule has 0 bridgehead atoms. The molecule has 2 aromatic heterocycles. The lowest BCUT2D eigenvalue weighted by Crippen LogP contribution is -2.13. The van der Waals surface area contributed by atoms with Crippen molar-refractivity contribution in [1.82, 2.24) is 29.8 Å². The Balaban J connectivity index is 1.66. The Morgan fingerprint density at radius 2 is 1.97 bits per heavy atom. The van der Waals surface area contributed by atoms with E-state index in [4.69, 9.17) is 16.3 Å². The first-order valence-electron chi connectivity index (χ1n) is 9.10. The number of ether oxygens (including phenoxy) is 1. The second-order valence-electron chi connectivity index (χ2n) is 6.48. The number of imidazole rings is 1. The molecule has 31 heavy (non-hydrogen) atoms. The lowest BCUT2D eigenvalue weighted by Gasteiger charge is -2.14. The Hall–Kier alpha value is -2.63. The van der Waals surface area contributed by atoms with Crippen LogP contribution >= 0.6 is 23.4 Å². The van der Waals surface area contributed by atoms with E-state index in [9.17, 15) is 13.2 Å². The van der Waals surface area contributed by atoms with Gasteiger partial charge in [0, 0.05) is 18.7 Å². The minimum Gasteiger partial charge on any atom is -0.383 e. The molecular weight excluding hydrogens is 453 g/mol. The smallest absolute Gasteiger partial charge is 0.383 e. The highest BCUT2D eigenvalue weighted by Gasteiger charge is 2.35. The molecule has 4 rings (SSSR count). The minimum atomic E-state index is -4.61. The van der Waals surface area contributed by atoms with Crippen molar-refractivity contribution in [3.05, 3.63) is 58.9 Å². The molecule has 0 fully saturated rings. The van der Waals surface area contributed by atoms with E-state index in [0.29, 0.717) is 18.3 Å². The molecule has 0 radical (unpaired) electrons. The van der Waals surface area contributed by atoms with Crippen molar-refractivity contribution < 1.29 is 17.9 Å². The first kappa shape index (κ1) is 21.6. The lowest BCUT2D eigenvalue weighted by molar-refractivity contribution is -0.137. The van der Waals surface area contributed by atoms with Crippen LogP contribution in [0.3, 0.4) is 0 Å². The van der Waals surface area contributed by atoms with Gasteiger partial charge in [-0.1, -0.05) is 35.5 Å². The van der Waals surface area contributed by atoms with E-state index in [-0.39, 0.29) is 22.3 Å². The van der Waals surface area contributed by atoms with Crippen molar-refractivity contribution in [1.29, 1.82) is 0 Å². The summed E-state index contributed by atoms with van der Waals surface area (Å²) in [5, 5.41) is 11.9. The van der Waals surface area contributed by atoms with Crippen molar-refractivity contribution in [2.75, 3.05) is 13.7 Å². The summed E-state index contributed by atoms with van der Waals surface area (Å²) in [5.41, 5.74) is 0.660. The Kier molecular flexibility index (Phi) is 6.17.